The first-order valence-electron chi connectivity index (χ1n) is 7.09. The summed E-state index contributed by atoms with van der Waals surface area (Å²) in [6.07, 6.45) is 0.662. The van der Waals surface area contributed by atoms with E-state index in [-0.39, 0.29) is 5.56 Å². The fourth-order valence-electron chi connectivity index (χ4n) is 2.04. The average molecular weight is 356 g/mol. The molecule has 2 N–H and O–H groups in total. The molecule has 2 aromatic rings. The minimum Gasteiger partial charge on any atom is -0.385 e. The maximum atomic E-state index is 12.7. The average Bonchev–Trinajstić information content (AvgIpc) is 2.49. The molecule has 0 saturated carbocycles. The number of rotatable bonds is 7. The Morgan fingerprint density at radius 1 is 1.52 bits per heavy atom. The summed E-state index contributed by atoms with van der Waals surface area (Å²) in [6, 6.07) is 4.95. The van der Waals surface area contributed by atoms with Crippen LogP contribution in [-0.2, 0) is 16.1 Å². The van der Waals surface area contributed by atoms with E-state index in [4.69, 9.17) is 22.1 Å². The van der Waals surface area contributed by atoms with Gasteiger partial charge in [0.1, 0.15) is 0 Å². The van der Waals surface area contributed by atoms with Gasteiger partial charge in [-0.25, -0.2) is 4.98 Å². The number of hydrogen-bond acceptors (Lipinski definition) is 5. The van der Waals surface area contributed by atoms with E-state index in [1.807, 2.05) is 0 Å². The molecule has 8 heteroatoms. The van der Waals surface area contributed by atoms with Crippen LogP contribution in [0.2, 0.25) is 5.02 Å². The minimum absolute atomic E-state index is 0.165. The van der Waals surface area contributed by atoms with E-state index in [0.717, 1.165) is 11.8 Å². The van der Waals surface area contributed by atoms with Gasteiger partial charge in [0.15, 0.2) is 5.16 Å². The SMILES string of the molecule is COCCCn1c(S[C@H](C)C(N)=O)nc2cc(Cl)ccc2c1=O. The van der Waals surface area contributed by atoms with Gasteiger partial charge in [-0.3, -0.25) is 14.2 Å². The second-order valence-corrected chi connectivity index (χ2v) is 6.77. The zero-order chi connectivity index (χ0) is 17.0. The lowest BCUT2D eigenvalue weighted by molar-refractivity contribution is -0.117. The molecule has 0 saturated heterocycles. The van der Waals surface area contributed by atoms with Crippen molar-refractivity contribution in [3.05, 3.63) is 33.6 Å². The highest BCUT2D eigenvalue weighted by Gasteiger charge is 2.17. The van der Waals surface area contributed by atoms with Gasteiger partial charge in [-0.05, 0) is 31.5 Å². The molecule has 124 valence electrons. The van der Waals surface area contributed by atoms with Crippen LogP contribution in [0.5, 0.6) is 0 Å². The van der Waals surface area contributed by atoms with E-state index in [0.29, 0.717) is 40.7 Å². The number of amides is 1. The highest BCUT2D eigenvalue weighted by molar-refractivity contribution is 8.00. The number of primary amides is 1. The Labute approximate surface area is 143 Å². The molecule has 0 unspecified atom stereocenters. The highest BCUT2D eigenvalue weighted by Crippen LogP contribution is 2.23. The van der Waals surface area contributed by atoms with E-state index >= 15 is 0 Å². The van der Waals surface area contributed by atoms with Crippen molar-refractivity contribution < 1.29 is 9.53 Å². The van der Waals surface area contributed by atoms with Crippen LogP contribution < -0.4 is 11.3 Å². The van der Waals surface area contributed by atoms with Crippen molar-refractivity contribution in [1.82, 2.24) is 9.55 Å². The number of nitrogens with two attached hydrogens (primary N) is 1. The maximum absolute atomic E-state index is 12.7. The van der Waals surface area contributed by atoms with Crippen LogP contribution in [0.15, 0.2) is 28.2 Å². The summed E-state index contributed by atoms with van der Waals surface area (Å²) >= 11 is 7.14. The van der Waals surface area contributed by atoms with Crippen LogP contribution in [0.3, 0.4) is 0 Å². The molecule has 23 heavy (non-hydrogen) atoms. The minimum atomic E-state index is -0.493. The third-order valence-corrected chi connectivity index (χ3v) is 4.64. The molecule has 0 aliphatic carbocycles. The highest BCUT2D eigenvalue weighted by atomic mass is 35.5. The second kappa shape index (κ2) is 7.81. The van der Waals surface area contributed by atoms with Crippen molar-refractivity contribution in [2.75, 3.05) is 13.7 Å². The number of methoxy groups -OCH3 is 1. The number of halogens is 1. The van der Waals surface area contributed by atoms with Crippen molar-refractivity contribution >= 4 is 40.2 Å². The van der Waals surface area contributed by atoms with Crippen molar-refractivity contribution in [3.63, 3.8) is 0 Å². The summed E-state index contributed by atoms with van der Waals surface area (Å²) in [6.45, 7) is 2.66. The molecule has 2 rings (SSSR count). The monoisotopic (exact) mass is 355 g/mol. The summed E-state index contributed by atoms with van der Waals surface area (Å²) < 4.78 is 6.59. The zero-order valence-corrected chi connectivity index (χ0v) is 14.5. The summed E-state index contributed by atoms with van der Waals surface area (Å²) in [5.41, 5.74) is 5.65. The number of ether oxygens (including phenoxy) is 1. The first-order valence-corrected chi connectivity index (χ1v) is 8.34. The van der Waals surface area contributed by atoms with Crippen LogP contribution in [0.1, 0.15) is 13.3 Å². The molecule has 0 fully saturated rings. The third kappa shape index (κ3) is 4.25. The van der Waals surface area contributed by atoms with Gasteiger partial charge >= 0.3 is 0 Å². The van der Waals surface area contributed by atoms with Crippen molar-refractivity contribution in [2.45, 2.75) is 30.3 Å². The van der Waals surface area contributed by atoms with Gasteiger partial charge in [-0.15, -0.1) is 0 Å². The maximum Gasteiger partial charge on any atom is 0.262 e. The van der Waals surface area contributed by atoms with Crippen LogP contribution in [0.4, 0.5) is 0 Å². The van der Waals surface area contributed by atoms with E-state index in [2.05, 4.69) is 4.98 Å². The molecule has 1 atom stereocenters. The van der Waals surface area contributed by atoms with E-state index in [1.54, 1.807) is 36.8 Å². The van der Waals surface area contributed by atoms with Crippen LogP contribution in [0.25, 0.3) is 10.9 Å². The van der Waals surface area contributed by atoms with Gasteiger partial charge < -0.3 is 10.5 Å². The van der Waals surface area contributed by atoms with Gasteiger partial charge in [0.25, 0.3) is 5.56 Å². The second-order valence-electron chi connectivity index (χ2n) is 5.02. The number of aromatic nitrogens is 2. The topological polar surface area (TPSA) is 87.2 Å². The predicted molar refractivity (Wildman–Crippen MR) is 92.0 cm³/mol. The Morgan fingerprint density at radius 2 is 2.26 bits per heavy atom. The van der Waals surface area contributed by atoms with Crippen molar-refractivity contribution in [3.8, 4) is 0 Å². The number of nitrogens with zero attached hydrogens (tertiary/aromatic N) is 2. The molecular weight excluding hydrogens is 338 g/mol. The molecular formula is C15H18ClN3O3S. The van der Waals surface area contributed by atoms with Gasteiger partial charge in [-0.1, -0.05) is 23.4 Å². The van der Waals surface area contributed by atoms with Crippen molar-refractivity contribution in [1.29, 1.82) is 0 Å². The number of thioether (sulfide) groups is 1. The number of benzene rings is 1. The van der Waals surface area contributed by atoms with E-state index in [9.17, 15) is 9.59 Å². The van der Waals surface area contributed by atoms with Crippen molar-refractivity contribution in [2.24, 2.45) is 5.73 Å². The predicted octanol–water partition coefficient (Wildman–Crippen LogP) is 2.05. The lowest BCUT2D eigenvalue weighted by atomic mass is 10.2. The Morgan fingerprint density at radius 3 is 2.91 bits per heavy atom. The van der Waals surface area contributed by atoms with Crippen LogP contribution in [-0.4, -0.2) is 34.4 Å². The van der Waals surface area contributed by atoms with E-state index in [1.165, 1.54) is 0 Å². The smallest absolute Gasteiger partial charge is 0.262 e. The Hall–Kier alpha value is -1.57. The number of hydrogen-bond donors (Lipinski definition) is 1. The van der Waals surface area contributed by atoms with E-state index < -0.39 is 11.2 Å². The van der Waals surface area contributed by atoms with Gasteiger partial charge in [0, 0.05) is 25.3 Å². The molecule has 0 radical (unpaired) electrons. The van der Waals surface area contributed by atoms with Crippen LogP contribution >= 0.6 is 23.4 Å². The number of carbonyl (C=O) groups is 1. The molecule has 1 amide bonds. The molecule has 0 aliphatic rings. The molecule has 1 aromatic carbocycles. The summed E-state index contributed by atoms with van der Waals surface area (Å²) in [7, 11) is 1.61. The quantitative estimate of drug-likeness (QED) is 0.466. The Balaban J connectivity index is 2.52. The molecule has 6 nitrogen and oxygen atoms in total. The normalized spacial score (nSPS) is 12.5. The fraction of sp³-hybridized carbons (Fsp3) is 0.400. The molecule has 0 bridgehead atoms. The summed E-state index contributed by atoms with van der Waals surface area (Å²) in [5.74, 6) is -0.459. The first-order chi connectivity index (χ1) is 10.9. The largest absolute Gasteiger partial charge is 0.385 e. The Kier molecular flexibility index (Phi) is 6.04. The van der Waals surface area contributed by atoms with Gasteiger partial charge in [-0.2, -0.15) is 0 Å². The zero-order valence-electron chi connectivity index (χ0n) is 12.9. The summed E-state index contributed by atoms with van der Waals surface area (Å²) in [4.78, 5) is 28.5. The lowest BCUT2D eigenvalue weighted by Gasteiger charge is -2.15. The summed E-state index contributed by atoms with van der Waals surface area (Å²) in [5, 5.41) is 0.947. The standard InChI is InChI=1S/C15H18ClN3O3S/c1-9(13(17)20)23-15-18-12-8-10(16)4-5-11(12)14(21)19(15)6-3-7-22-2/h4-5,8-9H,3,6-7H2,1-2H3,(H2,17,20)/t9-/m1/s1. The number of fused-ring (bicyclic) bond motifs is 1. The first kappa shape index (κ1) is 17.8. The molecule has 1 heterocycles. The van der Waals surface area contributed by atoms with Gasteiger partial charge in [0.05, 0.1) is 16.2 Å². The molecule has 0 aliphatic heterocycles. The third-order valence-electron chi connectivity index (χ3n) is 3.30. The number of carbonyl (C=O) groups excluding carboxylic acids is 1. The lowest BCUT2D eigenvalue weighted by Crippen LogP contribution is -2.27. The van der Waals surface area contributed by atoms with Crippen LogP contribution in [0, 0.1) is 0 Å². The molecule has 0 spiro atoms. The fourth-order valence-corrected chi connectivity index (χ4v) is 3.10. The van der Waals surface area contributed by atoms with Gasteiger partial charge in [0.2, 0.25) is 5.91 Å². The molecule has 1 aromatic heterocycles. The Bertz CT molecular complexity index is 778.